The molecule has 1 amide bonds. The molecule has 1 aliphatic rings. The molecule has 1 heterocycles. The first-order valence-electron chi connectivity index (χ1n) is 6.76. The van der Waals surface area contributed by atoms with Crippen molar-refractivity contribution in [1.29, 1.82) is 0 Å². The molecule has 106 valence electrons. The van der Waals surface area contributed by atoms with Gasteiger partial charge in [-0.3, -0.25) is 4.79 Å². The molecular formula is C12H24N2O3S. The second kappa shape index (κ2) is 7.09. The number of rotatable bonds is 6. The summed E-state index contributed by atoms with van der Waals surface area (Å²) < 4.78 is 25.5. The Morgan fingerprint density at radius 3 is 2.39 bits per heavy atom. The average molecular weight is 276 g/mol. The maximum absolute atomic E-state index is 11.8. The molecule has 0 radical (unpaired) electrons. The normalized spacial score (nSPS) is 18.0. The van der Waals surface area contributed by atoms with Gasteiger partial charge < -0.3 is 4.90 Å². The highest BCUT2D eigenvalue weighted by atomic mass is 32.2. The highest BCUT2D eigenvalue weighted by Gasteiger charge is 2.24. The van der Waals surface area contributed by atoms with E-state index in [1.54, 1.807) is 6.92 Å². The molecule has 0 spiro atoms. The summed E-state index contributed by atoms with van der Waals surface area (Å²) in [4.78, 5) is 13.6. The van der Waals surface area contributed by atoms with Crippen LogP contribution in [0.15, 0.2) is 0 Å². The van der Waals surface area contributed by atoms with Crippen molar-refractivity contribution in [2.24, 2.45) is 0 Å². The minimum absolute atomic E-state index is 0.00910. The summed E-state index contributed by atoms with van der Waals surface area (Å²) >= 11 is 0. The highest BCUT2D eigenvalue weighted by molar-refractivity contribution is 7.89. The Labute approximate surface area is 110 Å². The van der Waals surface area contributed by atoms with Crippen LogP contribution in [0.1, 0.15) is 46.0 Å². The van der Waals surface area contributed by atoms with E-state index in [4.69, 9.17) is 0 Å². The van der Waals surface area contributed by atoms with E-state index >= 15 is 0 Å². The van der Waals surface area contributed by atoms with Gasteiger partial charge in [0.05, 0.1) is 5.75 Å². The molecule has 1 rings (SSSR count). The minimum Gasteiger partial charge on any atom is -0.343 e. The van der Waals surface area contributed by atoms with Crippen LogP contribution < -0.4 is 4.72 Å². The average Bonchev–Trinajstić information content (AvgIpc) is 2.36. The fraction of sp³-hybridized carbons (Fsp3) is 0.917. The number of carbonyl (C=O) groups is 1. The SMILES string of the molecule is CCCCC(=O)N1CCC(NS(=O)(=O)CC)CC1. The van der Waals surface area contributed by atoms with Gasteiger partial charge in [0, 0.05) is 25.6 Å². The zero-order valence-corrected chi connectivity index (χ0v) is 12.1. The molecule has 1 saturated heterocycles. The number of sulfonamides is 1. The van der Waals surface area contributed by atoms with Crippen LogP contribution >= 0.6 is 0 Å². The Morgan fingerprint density at radius 2 is 1.89 bits per heavy atom. The van der Waals surface area contributed by atoms with Gasteiger partial charge in [0.2, 0.25) is 15.9 Å². The summed E-state index contributed by atoms with van der Waals surface area (Å²) in [6.07, 6.45) is 4.01. The van der Waals surface area contributed by atoms with Crippen LogP contribution in [-0.4, -0.2) is 44.1 Å². The number of likely N-dealkylation sites (tertiary alicyclic amines) is 1. The van der Waals surface area contributed by atoms with Crippen LogP contribution in [-0.2, 0) is 14.8 Å². The Kier molecular flexibility index (Phi) is 6.08. The first-order chi connectivity index (χ1) is 8.48. The summed E-state index contributed by atoms with van der Waals surface area (Å²) in [7, 11) is -3.12. The number of unbranched alkanes of at least 4 members (excludes halogenated alkanes) is 1. The van der Waals surface area contributed by atoms with E-state index in [0.29, 0.717) is 19.5 Å². The highest BCUT2D eigenvalue weighted by Crippen LogP contribution is 2.13. The number of piperidine rings is 1. The van der Waals surface area contributed by atoms with Gasteiger partial charge in [0.1, 0.15) is 0 Å². The zero-order valence-electron chi connectivity index (χ0n) is 11.3. The maximum Gasteiger partial charge on any atom is 0.222 e. The molecule has 1 fully saturated rings. The van der Waals surface area contributed by atoms with Crippen LogP contribution in [0.4, 0.5) is 0 Å². The Hall–Kier alpha value is -0.620. The third-order valence-electron chi connectivity index (χ3n) is 3.32. The number of nitrogens with zero attached hydrogens (tertiary/aromatic N) is 1. The van der Waals surface area contributed by atoms with Crippen molar-refractivity contribution >= 4 is 15.9 Å². The van der Waals surface area contributed by atoms with Crippen molar-refractivity contribution in [1.82, 2.24) is 9.62 Å². The third kappa shape index (κ3) is 4.94. The lowest BCUT2D eigenvalue weighted by atomic mass is 10.1. The van der Waals surface area contributed by atoms with Gasteiger partial charge in [0.15, 0.2) is 0 Å². The molecule has 6 heteroatoms. The van der Waals surface area contributed by atoms with Gasteiger partial charge in [-0.15, -0.1) is 0 Å². The predicted molar refractivity (Wildman–Crippen MR) is 71.7 cm³/mol. The quantitative estimate of drug-likeness (QED) is 0.790. The first-order valence-corrected chi connectivity index (χ1v) is 8.41. The van der Waals surface area contributed by atoms with Crippen LogP contribution in [0.5, 0.6) is 0 Å². The first kappa shape index (κ1) is 15.4. The van der Waals surface area contributed by atoms with Crippen LogP contribution in [0.2, 0.25) is 0 Å². The molecule has 0 aromatic heterocycles. The topological polar surface area (TPSA) is 66.5 Å². The molecule has 0 bridgehead atoms. The van der Waals surface area contributed by atoms with Gasteiger partial charge in [-0.2, -0.15) is 0 Å². The zero-order chi connectivity index (χ0) is 13.6. The predicted octanol–water partition coefficient (Wildman–Crippen LogP) is 1.11. The van der Waals surface area contributed by atoms with Gasteiger partial charge in [-0.05, 0) is 26.2 Å². The molecule has 5 nitrogen and oxygen atoms in total. The molecular weight excluding hydrogens is 252 g/mol. The van der Waals surface area contributed by atoms with Crippen molar-refractivity contribution in [3.8, 4) is 0 Å². The summed E-state index contributed by atoms with van der Waals surface area (Å²) in [5.74, 6) is 0.316. The van der Waals surface area contributed by atoms with Crippen LogP contribution in [0.3, 0.4) is 0 Å². The fourth-order valence-electron chi connectivity index (χ4n) is 2.07. The summed E-state index contributed by atoms with van der Waals surface area (Å²) in [6, 6.07) is -0.00910. The van der Waals surface area contributed by atoms with E-state index < -0.39 is 10.0 Å². The molecule has 0 saturated carbocycles. The Bertz CT molecular complexity index is 360. The number of hydrogen-bond acceptors (Lipinski definition) is 3. The minimum atomic E-state index is -3.12. The van der Waals surface area contributed by atoms with E-state index in [-0.39, 0.29) is 17.7 Å². The largest absolute Gasteiger partial charge is 0.343 e. The second-order valence-corrected chi connectivity index (χ2v) is 6.82. The lowest BCUT2D eigenvalue weighted by molar-refractivity contribution is -0.132. The molecule has 0 aromatic carbocycles. The number of amides is 1. The van der Waals surface area contributed by atoms with E-state index in [1.807, 2.05) is 4.90 Å². The summed E-state index contributed by atoms with van der Waals surface area (Å²) in [5, 5.41) is 0. The van der Waals surface area contributed by atoms with Crippen molar-refractivity contribution < 1.29 is 13.2 Å². The van der Waals surface area contributed by atoms with Crippen LogP contribution in [0, 0.1) is 0 Å². The fourth-order valence-corrected chi connectivity index (χ4v) is 2.98. The molecule has 0 aliphatic carbocycles. The Balaban J connectivity index is 2.35. The lowest BCUT2D eigenvalue weighted by Crippen LogP contribution is -2.46. The molecule has 18 heavy (non-hydrogen) atoms. The number of hydrogen-bond donors (Lipinski definition) is 1. The molecule has 0 unspecified atom stereocenters. The van der Waals surface area contributed by atoms with E-state index in [2.05, 4.69) is 11.6 Å². The lowest BCUT2D eigenvalue weighted by Gasteiger charge is -2.32. The number of carbonyl (C=O) groups excluding carboxylic acids is 1. The summed E-state index contributed by atoms with van der Waals surface area (Å²) in [6.45, 7) is 5.03. The number of nitrogens with one attached hydrogen (secondary N) is 1. The van der Waals surface area contributed by atoms with Crippen molar-refractivity contribution in [3.05, 3.63) is 0 Å². The Morgan fingerprint density at radius 1 is 1.28 bits per heavy atom. The van der Waals surface area contributed by atoms with E-state index in [0.717, 1.165) is 25.7 Å². The maximum atomic E-state index is 11.8. The van der Waals surface area contributed by atoms with E-state index in [1.165, 1.54) is 0 Å². The van der Waals surface area contributed by atoms with Crippen molar-refractivity contribution in [3.63, 3.8) is 0 Å². The smallest absolute Gasteiger partial charge is 0.222 e. The second-order valence-electron chi connectivity index (χ2n) is 4.78. The van der Waals surface area contributed by atoms with Crippen molar-refractivity contribution in [2.75, 3.05) is 18.8 Å². The van der Waals surface area contributed by atoms with Gasteiger partial charge >= 0.3 is 0 Å². The third-order valence-corrected chi connectivity index (χ3v) is 4.77. The van der Waals surface area contributed by atoms with Gasteiger partial charge in [-0.1, -0.05) is 13.3 Å². The van der Waals surface area contributed by atoms with Crippen molar-refractivity contribution in [2.45, 2.75) is 52.0 Å². The molecule has 1 N–H and O–H groups in total. The summed E-state index contributed by atoms with van der Waals surface area (Å²) in [5.41, 5.74) is 0. The van der Waals surface area contributed by atoms with Gasteiger partial charge in [-0.25, -0.2) is 13.1 Å². The van der Waals surface area contributed by atoms with Crippen LogP contribution in [0.25, 0.3) is 0 Å². The molecule has 1 aliphatic heterocycles. The van der Waals surface area contributed by atoms with E-state index in [9.17, 15) is 13.2 Å². The molecule has 0 aromatic rings. The monoisotopic (exact) mass is 276 g/mol. The van der Waals surface area contributed by atoms with Gasteiger partial charge in [0.25, 0.3) is 0 Å². The standard InChI is InChI=1S/C12H24N2O3S/c1-3-5-6-12(15)14-9-7-11(8-10-14)13-18(16,17)4-2/h11,13H,3-10H2,1-2H3. The molecule has 0 atom stereocenters.